The predicted molar refractivity (Wildman–Crippen MR) is 60.9 cm³/mol. The number of fused-ring (bicyclic) bond motifs is 1. The Morgan fingerprint density at radius 2 is 2.13 bits per heavy atom. The lowest BCUT2D eigenvalue weighted by molar-refractivity contribution is 0.278. The van der Waals surface area contributed by atoms with Crippen LogP contribution in [0.25, 0.3) is 10.8 Å². The molecule has 1 heterocycles. The number of hydrogen-bond donors (Lipinski definition) is 1. The van der Waals surface area contributed by atoms with Gasteiger partial charge in [0.1, 0.15) is 5.76 Å². The summed E-state index contributed by atoms with van der Waals surface area (Å²) in [4.78, 5) is 0. The van der Waals surface area contributed by atoms with Crippen LogP contribution in [0, 0.1) is 0 Å². The molecule has 2 heteroatoms. The maximum absolute atomic E-state index is 8.80. The smallest absolute Gasteiger partial charge is 0.114 e. The van der Waals surface area contributed by atoms with Crippen molar-refractivity contribution in [3.63, 3.8) is 0 Å². The first-order valence-electron chi connectivity index (χ1n) is 5.40. The van der Waals surface area contributed by atoms with Crippen LogP contribution in [0.5, 0.6) is 0 Å². The van der Waals surface area contributed by atoms with E-state index in [1.165, 1.54) is 5.39 Å². The normalized spacial score (nSPS) is 13.2. The van der Waals surface area contributed by atoms with Crippen molar-refractivity contribution in [1.82, 2.24) is 0 Å². The number of aliphatic hydroxyl groups excluding tert-OH is 1. The van der Waals surface area contributed by atoms with Crippen LogP contribution >= 0.6 is 0 Å². The average Bonchev–Trinajstić information content (AvgIpc) is 2.69. The molecule has 0 fully saturated rings. The maximum atomic E-state index is 8.80. The highest BCUT2D eigenvalue weighted by atomic mass is 16.3. The average molecular weight is 204 g/mol. The first-order valence-corrected chi connectivity index (χ1v) is 5.40. The SMILES string of the molecule is CC(CCCO)c1occ2ccccc12. The molecule has 0 radical (unpaired) electrons. The van der Waals surface area contributed by atoms with E-state index in [2.05, 4.69) is 19.1 Å². The Balaban J connectivity index is 2.27. The third-order valence-corrected chi connectivity index (χ3v) is 2.78. The molecule has 2 rings (SSSR count). The minimum atomic E-state index is 0.253. The van der Waals surface area contributed by atoms with E-state index < -0.39 is 0 Å². The second kappa shape index (κ2) is 4.49. The van der Waals surface area contributed by atoms with Crippen LogP contribution in [0.2, 0.25) is 0 Å². The minimum Gasteiger partial charge on any atom is -0.468 e. The summed E-state index contributed by atoms with van der Waals surface area (Å²) in [5, 5.41) is 11.1. The van der Waals surface area contributed by atoms with Gasteiger partial charge in [-0.15, -0.1) is 0 Å². The molecule has 2 aromatic rings. The van der Waals surface area contributed by atoms with Gasteiger partial charge in [0.2, 0.25) is 0 Å². The fourth-order valence-electron chi connectivity index (χ4n) is 1.92. The van der Waals surface area contributed by atoms with Crippen molar-refractivity contribution < 1.29 is 9.52 Å². The summed E-state index contributed by atoms with van der Waals surface area (Å²) in [6.07, 6.45) is 3.60. The molecule has 1 unspecified atom stereocenters. The van der Waals surface area contributed by atoms with Gasteiger partial charge in [-0.25, -0.2) is 0 Å². The Morgan fingerprint density at radius 3 is 2.93 bits per heavy atom. The summed E-state index contributed by atoms with van der Waals surface area (Å²) >= 11 is 0. The van der Waals surface area contributed by atoms with Crippen molar-refractivity contribution >= 4 is 10.8 Å². The van der Waals surface area contributed by atoms with Gasteiger partial charge in [0.05, 0.1) is 6.26 Å². The van der Waals surface area contributed by atoms with Gasteiger partial charge in [-0.1, -0.05) is 31.2 Å². The largest absolute Gasteiger partial charge is 0.468 e. The Bertz CT molecular complexity index is 431. The molecular formula is C13H16O2. The number of hydrogen-bond acceptors (Lipinski definition) is 2. The Kier molecular flexibility index (Phi) is 3.07. The van der Waals surface area contributed by atoms with Gasteiger partial charge < -0.3 is 9.52 Å². The number of aliphatic hydroxyl groups is 1. The lowest BCUT2D eigenvalue weighted by Gasteiger charge is -2.07. The van der Waals surface area contributed by atoms with E-state index in [1.54, 1.807) is 6.26 Å². The van der Waals surface area contributed by atoms with Crippen molar-refractivity contribution in [3.05, 3.63) is 36.3 Å². The van der Waals surface area contributed by atoms with E-state index in [1.807, 2.05) is 12.1 Å². The fourth-order valence-corrected chi connectivity index (χ4v) is 1.92. The molecule has 1 atom stereocenters. The van der Waals surface area contributed by atoms with Gasteiger partial charge >= 0.3 is 0 Å². The first-order chi connectivity index (χ1) is 7.33. The van der Waals surface area contributed by atoms with Crippen LogP contribution < -0.4 is 0 Å². The van der Waals surface area contributed by atoms with Gasteiger partial charge in [0.25, 0.3) is 0 Å². The highest BCUT2D eigenvalue weighted by Crippen LogP contribution is 2.29. The summed E-state index contributed by atoms with van der Waals surface area (Å²) < 4.78 is 5.59. The molecule has 0 aliphatic carbocycles. The molecule has 0 bridgehead atoms. The molecule has 0 saturated heterocycles. The monoisotopic (exact) mass is 204 g/mol. The van der Waals surface area contributed by atoms with E-state index >= 15 is 0 Å². The van der Waals surface area contributed by atoms with Crippen LogP contribution in [0.15, 0.2) is 34.9 Å². The van der Waals surface area contributed by atoms with E-state index in [0.717, 1.165) is 24.0 Å². The summed E-state index contributed by atoms with van der Waals surface area (Å²) in [7, 11) is 0. The van der Waals surface area contributed by atoms with Crippen LogP contribution in [0.3, 0.4) is 0 Å². The van der Waals surface area contributed by atoms with E-state index in [9.17, 15) is 0 Å². The first kappa shape index (κ1) is 10.2. The molecule has 0 spiro atoms. The topological polar surface area (TPSA) is 33.4 Å². The molecule has 1 aromatic heterocycles. The number of furan rings is 1. The lowest BCUT2D eigenvalue weighted by atomic mass is 10.00. The molecule has 2 nitrogen and oxygen atoms in total. The van der Waals surface area contributed by atoms with E-state index in [4.69, 9.17) is 9.52 Å². The molecule has 1 aromatic carbocycles. The maximum Gasteiger partial charge on any atom is 0.114 e. The molecule has 0 amide bonds. The Hall–Kier alpha value is -1.28. The number of benzene rings is 1. The predicted octanol–water partition coefficient (Wildman–Crippen LogP) is 3.31. The third-order valence-electron chi connectivity index (χ3n) is 2.78. The zero-order valence-corrected chi connectivity index (χ0v) is 8.94. The van der Waals surface area contributed by atoms with Gasteiger partial charge in [-0.3, -0.25) is 0 Å². The molecule has 0 aliphatic rings. The van der Waals surface area contributed by atoms with Crippen LogP contribution in [-0.2, 0) is 0 Å². The van der Waals surface area contributed by atoms with E-state index in [-0.39, 0.29) is 6.61 Å². The zero-order valence-electron chi connectivity index (χ0n) is 8.94. The van der Waals surface area contributed by atoms with Crippen LogP contribution in [-0.4, -0.2) is 11.7 Å². The summed E-state index contributed by atoms with van der Waals surface area (Å²) in [6, 6.07) is 8.19. The zero-order chi connectivity index (χ0) is 10.7. The number of rotatable bonds is 4. The van der Waals surface area contributed by atoms with Crippen molar-refractivity contribution in [2.45, 2.75) is 25.7 Å². The second-order valence-corrected chi connectivity index (χ2v) is 3.95. The van der Waals surface area contributed by atoms with Crippen molar-refractivity contribution in [1.29, 1.82) is 0 Å². The molecule has 80 valence electrons. The molecule has 0 saturated carbocycles. The quantitative estimate of drug-likeness (QED) is 0.828. The molecular weight excluding hydrogens is 188 g/mol. The van der Waals surface area contributed by atoms with Crippen molar-refractivity contribution in [3.8, 4) is 0 Å². The fraction of sp³-hybridized carbons (Fsp3) is 0.385. The summed E-state index contributed by atoms with van der Waals surface area (Å²) in [5.74, 6) is 1.41. The molecule has 1 N–H and O–H groups in total. The van der Waals surface area contributed by atoms with Gasteiger partial charge in [0.15, 0.2) is 0 Å². The standard InChI is InChI=1S/C13H16O2/c1-10(5-4-8-14)13-12-7-3-2-6-11(12)9-15-13/h2-3,6-7,9-10,14H,4-5,8H2,1H3. The highest BCUT2D eigenvalue weighted by molar-refractivity contribution is 5.84. The van der Waals surface area contributed by atoms with Gasteiger partial charge in [0, 0.05) is 23.3 Å². The second-order valence-electron chi connectivity index (χ2n) is 3.95. The summed E-state index contributed by atoms with van der Waals surface area (Å²) in [5.41, 5.74) is 0. The van der Waals surface area contributed by atoms with Crippen LogP contribution in [0.4, 0.5) is 0 Å². The van der Waals surface area contributed by atoms with Gasteiger partial charge in [-0.2, -0.15) is 0 Å². The van der Waals surface area contributed by atoms with Crippen molar-refractivity contribution in [2.75, 3.05) is 6.61 Å². The van der Waals surface area contributed by atoms with Crippen molar-refractivity contribution in [2.24, 2.45) is 0 Å². The van der Waals surface area contributed by atoms with E-state index in [0.29, 0.717) is 5.92 Å². The molecule has 0 aliphatic heterocycles. The Labute approximate surface area is 89.5 Å². The summed E-state index contributed by atoms with van der Waals surface area (Å²) in [6.45, 7) is 2.39. The van der Waals surface area contributed by atoms with Crippen LogP contribution in [0.1, 0.15) is 31.4 Å². The highest BCUT2D eigenvalue weighted by Gasteiger charge is 2.12. The minimum absolute atomic E-state index is 0.253. The Morgan fingerprint density at radius 1 is 1.33 bits per heavy atom. The molecule has 15 heavy (non-hydrogen) atoms. The third kappa shape index (κ3) is 2.05. The lowest BCUT2D eigenvalue weighted by Crippen LogP contribution is -1.94. The van der Waals surface area contributed by atoms with Gasteiger partial charge in [-0.05, 0) is 12.8 Å².